The summed E-state index contributed by atoms with van der Waals surface area (Å²) < 4.78 is 13.2. The van der Waals surface area contributed by atoms with Gasteiger partial charge in [-0.05, 0) is 55.0 Å². The minimum atomic E-state index is -1.12. The number of hydrogen-bond donors (Lipinski definition) is 4. The second kappa shape index (κ2) is 9.98. The minimum Gasteiger partial charge on any atom is -0.478 e. The van der Waals surface area contributed by atoms with Gasteiger partial charge < -0.3 is 15.7 Å². The van der Waals surface area contributed by atoms with Crippen molar-refractivity contribution in [1.29, 1.82) is 0 Å². The van der Waals surface area contributed by atoms with E-state index in [4.69, 9.17) is 0 Å². The van der Waals surface area contributed by atoms with Gasteiger partial charge in [0.2, 0.25) is 0 Å². The van der Waals surface area contributed by atoms with Crippen LogP contribution in [0.2, 0.25) is 0 Å². The number of carboxylic acid groups (broad SMARTS) is 1. The second-order valence-electron chi connectivity index (χ2n) is 6.71. The number of para-hydroxylation sites is 1. The van der Waals surface area contributed by atoms with Gasteiger partial charge in [-0.1, -0.05) is 24.3 Å². The Balaban J connectivity index is 1.74. The first-order valence-electron chi connectivity index (χ1n) is 9.43. The molecule has 0 aromatic heterocycles. The summed E-state index contributed by atoms with van der Waals surface area (Å²) in [5, 5.41) is 18.5. The van der Waals surface area contributed by atoms with Crippen molar-refractivity contribution in [2.45, 2.75) is 6.92 Å². The van der Waals surface area contributed by atoms with Crippen LogP contribution in [0.3, 0.4) is 0 Å². The molecule has 3 rings (SSSR count). The van der Waals surface area contributed by atoms with E-state index in [2.05, 4.69) is 21.2 Å². The van der Waals surface area contributed by atoms with Crippen LogP contribution in [0.15, 0.2) is 71.8 Å². The third kappa shape index (κ3) is 5.76. The van der Waals surface area contributed by atoms with Crippen LogP contribution in [0.5, 0.6) is 0 Å². The topological polar surface area (TPSA) is 120 Å². The van der Waals surface area contributed by atoms with E-state index < -0.39 is 23.6 Å². The summed E-state index contributed by atoms with van der Waals surface area (Å²) in [6.45, 7) is 1.92. The molecule has 0 saturated heterocycles. The van der Waals surface area contributed by atoms with Crippen LogP contribution in [0.25, 0.3) is 0 Å². The van der Waals surface area contributed by atoms with E-state index in [1.807, 2.05) is 31.2 Å². The largest absolute Gasteiger partial charge is 0.478 e. The first-order chi connectivity index (χ1) is 15.3. The van der Waals surface area contributed by atoms with Crippen molar-refractivity contribution in [3.05, 3.63) is 89.2 Å². The van der Waals surface area contributed by atoms with E-state index in [-0.39, 0.29) is 11.3 Å². The monoisotopic (exact) mass is 434 g/mol. The van der Waals surface area contributed by atoms with E-state index >= 15 is 0 Å². The Morgan fingerprint density at radius 1 is 0.938 bits per heavy atom. The number of aryl methyl sites for hydroxylation is 1. The van der Waals surface area contributed by atoms with Crippen molar-refractivity contribution >= 4 is 41.1 Å². The molecule has 32 heavy (non-hydrogen) atoms. The standard InChI is InChI=1S/C23H19FN4O4/c1-14-5-2-3-8-19(14)27-20-10-9-15(23(31)32)11-16(20)13-25-28-22(30)21(29)26-18-7-4-6-17(24)12-18/h2-13,27H,1H3,(H,26,29)(H,28,30)(H,31,32)/b25-13-. The maximum atomic E-state index is 13.2. The number of anilines is 3. The lowest BCUT2D eigenvalue weighted by Crippen LogP contribution is -2.32. The first kappa shape index (κ1) is 22.2. The molecule has 9 heteroatoms. The molecule has 4 N–H and O–H groups in total. The molecule has 0 aliphatic carbocycles. The first-order valence-corrected chi connectivity index (χ1v) is 9.43. The van der Waals surface area contributed by atoms with E-state index in [0.29, 0.717) is 11.3 Å². The molecule has 0 heterocycles. The Kier molecular flexibility index (Phi) is 6.92. The highest BCUT2D eigenvalue weighted by atomic mass is 19.1. The number of halogens is 1. The number of amides is 2. The minimum absolute atomic E-state index is 0.0250. The predicted octanol–water partition coefficient (Wildman–Crippen LogP) is 3.66. The highest BCUT2D eigenvalue weighted by Crippen LogP contribution is 2.23. The average molecular weight is 434 g/mol. The normalized spacial score (nSPS) is 10.6. The van der Waals surface area contributed by atoms with Crippen molar-refractivity contribution < 1.29 is 23.9 Å². The summed E-state index contributed by atoms with van der Waals surface area (Å²) in [5.41, 5.74) is 4.91. The fourth-order valence-corrected chi connectivity index (χ4v) is 2.74. The van der Waals surface area contributed by atoms with E-state index in [1.54, 1.807) is 6.07 Å². The molecule has 0 radical (unpaired) electrons. The SMILES string of the molecule is Cc1ccccc1Nc1ccc(C(=O)O)cc1/C=N\NC(=O)C(=O)Nc1cccc(F)c1. The number of nitrogens with one attached hydrogen (secondary N) is 3. The Bertz CT molecular complexity index is 1210. The summed E-state index contributed by atoms with van der Waals surface area (Å²) in [6.07, 6.45) is 1.22. The maximum Gasteiger partial charge on any atom is 0.335 e. The smallest absolute Gasteiger partial charge is 0.335 e. The number of benzene rings is 3. The molecule has 3 aromatic carbocycles. The van der Waals surface area contributed by atoms with Crippen molar-refractivity contribution in [3.8, 4) is 0 Å². The fraction of sp³-hybridized carbons (Fsp3) is 0.0435. The summed E-state index contributed by atoms with van der Waals surface area (Å²) >= 11 is 0. The van der Waals surface area contributed by atoms with Gasteiger partial charge in [0.15, 0.2) is 0 Å². The van der Waals surface area contributed by atoms with Gasteiger partial charge in [-0.25, -0.2) is 14.6 Å². The quantitative estimate of drug-likeness (QED) is 0.268. The molecule has 0 aliphatic heterocycles. The van der Waals surface area contributed by atoms with Crippen molar-refractivity contribution in [2.75, 3.05) is 10.6 Å². The molecule has 0 saturated carbocycles. The number of hydrazone groups is 1. The zero-order valence-corrected chi connectivity index (χ0v) is 16.9. The zero-order valence-electron chi connectivity index (χ0n) is 16.9. The molecular formula is C23H19FN4O4. The Morgan fingerprint density at radius 2 is 1.72 bits per heavy atom. The van der Waals surface area contributed by atoms with Crippen molar-refractivity contribution in [2.24, 2.45) is 5.10 Å². The Morgan fingerprint density at radius 3 is 2.44 bits per heavy atom. The molecular weight excluding hydrogens is 415 g/mol. The summed E-state index contributed by atoms with van der Waals surface area (Å²) in [5.74, 6) is -3.80. The van der Waals surface area contributed by atoms with Crippen LogP contribution in [0.4, 0.5) is 21.5 Å². The number of hydrogen-bond acceptors (Lipinski definition) is 5. The lowest BCUT2D eigenvalue weighted by molar-refractivity contribution is -0.136. The van der Waals surface area contributed by atoms with Gasteiger partial charge >= 0.3 is 17.8 Å². The highest BCUT2D eigenvalue weighted by Gasteiger charge is 2.14. The third-order valence-corrected chi connectivity index (χ3v) is 4.37. The van der Waals surface area contributed by atoms with Gasteiger partial charge in [0.25, 0.3) is 0 Å². The second-order valence-corrected chi connectivity index (χ2v) is 6.71. The number of aromatic carboxylic acids is 1. The maximum absolute atomic E-state index is 13.2. The molecule has 3 aromatic rings. The van der Waals surface area contributed by atoms with E-state index in [9.17, 15) is 23.9 Å². The van der Waals surface area contributed by atoms with Crippen LogP contribution in [-0.4, -0.2) is 29.1 Å². The number of carboxylic acids is 1. The number of carbonyl (C=O) groups is 3. The third-order valence-electron chi connectivity index (χ3n) is 4.37. The van der Waals surface area contributed by atoms with Gasteiger partial charge in [0.05, 0.1) is 11.8 Å². The summed E-state index contributed by atoms with van der Waals surface area (Å²) in [7, 11) is 0. The van der Waals surface area contributed by atoms with Crippen molar-refractivity contribution in [1.82, 2.24) is 5.43 Å². The number of nitrogens with zero attached hydrogens (tertiary/aromatic N) is 1. The van der Waals surface area contributed by atoms with E-state index in [1.165, 1.54) is 36.5 Å². The number of carbonyl (C=O) groups excluding carboxylic acids is 2. The molecule has 162 valence electrons. The molecule has 0 atom stereocenters. The molecule has 2 amide bonds. The number of rotatable bonds is 6. The van der Waals surface area contributed by atoms with Gasteiger partial charge in [0.1, 0.15) is 5.82 Å². The lowest BCUT2D eigenvalue weighted by Gasteiger charge is -2.12. The Hall–Kier alpha value is -4.53. The van der Waals surface area contributed by atoms with Crippen LogP contribution < -0.4 is 16.1 Å². The van der Waals surface area contributed by atoms with Crippen LogP contribution in [0.1, 0.15) is 21.5 Å². The Labute approximate surface area is 182 Å². The zero-order chi connectivity index (χ0) is 23.1. The van der Waals surface area contributed by atoms with Crippen LogP contribution in [-0.2, 0) is 9.59 Å². The highest BCUT2D eigenvalue weighted by molar-refractivity contribution is 6.39. The average Bonchev–Trinajstić information content (AvgIpc) is 2.76. The molecule has 0 aliphatic rings. The van der Waals surface area contributed by atoms with Gasteiger partial charge in [-0.3, -0.25) is 9.59 Å². The predicted molar refractivity (Wildman–Crippen MR) is 119 cm³/mol. The van der Waals surface area contributed by atoms with Crippen LogP contribution >= 0.6 is 0 Å². The fourth-order valence-electron chi connectivity index (χ4n) is 2.74. The lowest BCUT2D eigenvalue weighted by atomic mass is 10.1. The summed E-state index contributed by atoms with van der Waals surface area (Å²) in [4.78, 5) is 35.3. The molecule has 0 spiro atoms. The van der Waals surface area contributed by atoms with Crippen LogP contribution in [0, 0.1) is 12.7 Å². The molecule has 0 fully saturated rings. The molecule has 0 unspecified atom stereocenters. The van der Waals surface area contributed by atoms with Crippen molar-refractivity contribution in [3.63, 3.8) is 0 Å². The summed E-state index contributed by atoms with van der Waals surface area (Å²) in [6, 6.07) is 17.0. The van der Waals surface area contributed by atoms with Gasteiger partial charge in [-0.2, -0.15) is 5.10 Å². The molecule has 0 bridgehead atoms. The molecule has 8 nitrogen and oxygen atoms in total. The van der Waals surface area contributed by atoms with E-state index in [0.717, 1.165) is 17.3 Å². The van der Waals surface area contributed by atoms with Gasteiger partial charge in [-0.15, -0.1) is 0 Å². The van der Waals surface area contributed by atoms with Gasteiger partial charge in [0, 0.05) is 22.6 Å².